The van der Waals surface area contributed by atoms with Crippen molar-refractivity contribution in [3.05, 3.63) is 48.0 Å². The summed E-state index contributed by atoms with van der Waals surface area (Å²) in [7, 11) is 0. The summed E-state index contributed by atoms with van der Waals surface area (Å²) < 4.78 is 5.46. The maximum atomic E-state index is 12.2. The second kappa shape index (κ2) is 5.04. The lowest BCUT2D eigenvalue weighted by molar-refractivity contribution is -0.156. The van der Waals surface area contributed by atoms with E-state index in [0.717, 1.165) is 16.3 Å². The molecule has 0 N–H and O–H groups in total. The van der Waals surface area contributed by atoms with Crippen molar-refractivity contribution in [1.82, 2.24) is 0 Å². The number of hydrogen-bond donors (Lipinski definition) is 0. The van der Waals surface area contributed by atoms with Gasteiger partial charge in [-0.15, -0.1) is 0 Å². The van der Waals surface area contributed by atoms with Crippen molar-refractivity contribution in [3.63, 3.8) is 0 Å². The summed E-state index contributed by atoms with van der Waals surface area (Å²) >= 11 is 0. The van der Waals surface area contributed by atoms with E-state index in [4.69, 9.17) is 4.74 Å². The van der Waals surface area contributed by atoms with Crippen LogP contribution in [0.4, 0.5) is 0 Å². The minimum Gasteiger partial charge on any atom is -0.460 e. The van der Waals surface area contributed by atoms with Gasteiger partial charge in [0.05, 0.1) is 5.92 Å². The van der Waals surface area contributed by atoms with E-state index in [9.17, 15) is 4.79 Å². The highest BCUT2D eigenvalue weighted by molar-refractivity contribution is 5.91. The van der Waals surface area contributed by atoms with E-state index in [-0.39, 0.29) is 11.9 Å². The lowest BCUT2D eigenvalue weighted by Gasteiger charge is -2.23. The molecule has 0 saturated heterocycles. The summed E-state index contributed by atoms with van der Waals surface area (Å²) in [5.41, 5.74) is 0.572. The lowest BCUT2D eigenvalue weighted by Crippen LogP contribution is -2.26. The summed E-state index contributed by atoms with van der Waals surface area (Å²) in [4.78, 5) is 12.2. The second-order valence-corrected chi connectivity index (χ2v) is 5.82. The predicted octanol–water partition coefficient (Wildman–Crippen LogP) is 4.29. The van der Waals surface area contributed by atoms with E-state index in [1.165, 1.54) is 0 Å². The van der Waals surface area contributed by atoms with Crippen molar-refractivity contribution in [2.45, 2.75) is 39.2 Å². The van der Waals surface area contributed by atoms with Crippen LogP contribution in [-0.2, 0) is 9.53 Å². The average molecular weight is 256 g/mol. The van der Waals surface area contributed by atoms with Crippen LogP contribution < -0.4 is 0 Å². The van der Waals surface area contributed by atoms with Crippen LogP contribution in [0, 0.1) is 0 Å². The zero-order chi connectivity index (χ0) is 14.0. The third-order valence-corrected chi connectivity index (χ3v) is 3.05. The van der Waals surface area contributed by atoms with Crippen molar-refractivity contribution in [2.75, 3.05) is 0 Å². The van der Waals surface area contributed by atoms with Crippen LogP contribution in [0.1, 0.15) is 39.2 Å². The molecule has 19 heavy (non-hydrogen) atoms. The highest BCUT2D eigenvalue weighted by Crippen LogP contribution is 2.27. The maximum absolute atomic E-state index is 12.2. The largest absolute Gasteiger partial charge is 0.460 e. The molecule has 0 bridgehead atoms. The summed E-state index contributed by atoms with van der Waals surface area (Å²) in [5, 5.41) is 2.26. The summed E-state index contributed by atoms with van der Waals surface area (Å²) in [6.45, 7) is 7.57. The van der Waals surface area contributed by atoms with Gasteiger partial charge in [0.1, 0.15) is 5.60 Å². The van der Waals surface area contributed by atoms with Gasteiger partial charge < -0.3 is 4.74 Å². The molecule has 0 aromatic heterocycles. The van der Waals surface area contributed by atoms with Crippen LogP contribution >= 0.6 is 0 Å². The first-order valence-electron chi connectivity index (χ1n) is 6.59. The highest BCUT2D eigenvalue weighted by atomic mass is 16.6. The Labute approximate surface area is 114 Å². The Balaban J connectivity index is 2.36. The first-order chi connectivity index (χ1) is 8.88. The van der Waals surface area contributed by atoms with Crippen LogP contribution in [0.15, 0.2) is 42.5 Å². The fraction of sp³-hybridized carbons (Fsp3) is 0.353. The number of carbonyl (C=O) groups excluding carboxylic acids is 1. The van der Waals surface area contributed by atoms with E-state index in [1.807, 2.05) is 58.0 Å². The molecule has 0 fully saturated rings. The molecule has 2 nitrogen and oxygen atoms in total. The molecule has 0 aliphatic heterocycles. The molecule has 0 aliphatic rings. The number of ether oxygens (including phenoxy) is 1. The van der Waals surface area contributed by atoms with Gasteiger partial charge in [0.25, 0.3) is 0 Å². The monoisotopic (exact) mass is 256 g/mol. The topological polar surface area (TPSA) is 26.3 Å². The van der Waals surface area contributed by atoms with E-state index in [1.54, 1.807) is 0 Å². The van der Waals surface area contributed by atoms with Crippen LogP contribution in [-0.4, -0.2) is 11.6 Å². The molecular formula is C17H20O2. The Morgan fingerprint density at radius 2 is 1.68 bits per heavy atom. The molecule has 0 spiro atoms. The summed E-state index contributed by atoms with van der Waals surface area (Å²) in [6, 6.07) is 14.1. The van der Waals surface area contributed by atoms with Gasteiger partial charge in [0.15, 0.2) is 0 Å². The summed E-state index contributed by atoms with van der Waals surface area (Å²) in [5.74, 6) is -0.436. The van der Waals surface area contributed by atoms with Crippen LogP contribution in [0.25, 0.3) is 10.8 Å². The van der Waals surface area contributed by atoms with Crippen LogP contribution in [0.3, 0.4) is 0 Å². The molecule has 0 saturated carbocycles. The molecule has 1 atom stereocenters. The molecule has 0 amide bonds. The third-order valence-electron chi connectivity index (χ3n) is 3.05. The number of rotatable bonds is 2. The number of esters is 1. The average Bonchev–Trinajstić information content (AvgIpc) is 2.35. The van der Waals surface area contributed by atoms with E-state index in [0.29, 0.717) is 0 Å². The van der Waals surface area contributed by atoms with Crippen LogP contribution in [0.5, 0.6) is 0 Å². The molecule has 0 unspecified atom stereocenters. The van der Waals surface area contributed by atoms with E-state index < -0.39 is 5.60 Å². The molecule has 2 aromatic carbocycles. The van der Waals surface area contributed by atoms with Crippen molar-refractivity contribution in [2.24, 2.45) is 0 Å². The van der Waals surface area contributed by atoms with Gasteiger partial charge in [0, 0.05) is 0 Å². The van der Waals surface area contributed by atoms with Gasteiger partial charge in [-0.05, 0) is 44.0 Å². The Bertz CT molecular complexity index is 588. The number of hydrogen-bond acceptors (Lipinski definition) is 2. The van der Waals surface area contributed by atoms with E-state index >= 15 is 0 Å². The van der Waals surface area contributed by atoms with Gasteiger partial charge >= 0.3 is 5.97 Å². The molecule has 0 aliphatic carbocycles. The molecule has 0 heterocycles. The normalized spacial score (nSPS) is 13.3. The first-order valence-corrected chi connectivity index (χ1v) is 6.59. The molecule has 2 heteroatoms. The van der Waals surface area contributed by atoms with Gasteiger partial charge in [-0.1, -0.05) is 42.5 Å². The maximum Gasteiger partial charge on any atom is 0.313 e. The predicted molar refractivity (Wildman–Crippen MR) is 78.2 cm³/mol. The number of benzene rings is 2. The molecule has 2 rings (SSSR count). The van der Waals surface area contributed by atoms with Crippen molar-refractivity contribution in [1.29, 1.82) is 0 Å². The highest BCUT2D eigenvalue weighted by Gasteiger charge is 2.23. The Morgan fingerprint density at radius 3 is 2.37 bits per heavy atom. The van der Waals surface area contributed by atoms with Gasteiger partial charge in [-0.3, -0.25) is 4.79 Å². The van der Waals surface area contributed by atoms with Crippen molar-refractivity contribution < 1.29 is 9.53 Å². The first kappa shape index (κ1) is 13.6. The molecular weight excluding hydrogens is 236 g/mol. The fourth-order valence-electron chi connectivity index (χ4n) is 2.15. The zero-order valence-electron chi connectivity index (χ0n) is 11.9. The van der Waals surface area contributed by atoms with Gasteiger partial charge in [0.2, 0.25) is 0 Å². The van der Waals surface area contributed by atoms with Crippen molar-refractivity contribution in [3.8, 4) is 0 Å². The van der Waals surface area contributed by atoms with Crippen LogP contribution in [0.2, 0.25) is 0 Å². The lowest BCUT2D eigenvalue weighted by atomic mass is 9.95. The molecule has 2 aromatic rings. The molecule has 0 radical (unpaired) electrons. The van der Waals surface area contributed by atoms with Crippen molar-refractivity contribution >= 4 is 16.7 Å². The molecule has 100 valence electrons. The Morgan fingerprint density at radius 1 is 1.05 bits per heavy atom. The van der Waals surface area contributed by atoms with Gasteiger partial charge in [-0.2, -0.15) is 0 Å². The standard InChI is InChI=1S/C17H20O2/c1-12(16(18)19-17(2,3)4)14-11-7-9-13-8-5-6-10-15(13)14/h5-12H,1-4H3/t12-/m0/s1. The van der Waals surface area contributed by atoms with E-state index in [2.05, 4.69) is 12.1 Å². The minimum atomic E-state index is -0.448. The zero-order valence-corrected chi connectivity index (χ0v) is 11.9. The van der Waals surface area contributed by atoms with Gasteiger partial charge in [-0.25, -0.2) is 0 Å². The quantitative estimate of drug-likeness (QED) is 0.749. The smallest absolute Gasteiger partial charge is 0.313 e. The SMILES string of the molecule is C[C@H](C(=O)OC(C)(C)C)c1cccc2ccccc12. The second-order valence-electron chi connectivity index (χ2n) is 5.82. The number of fused-ring (bicyclic) bond motifs is 1. The Hall–Kier alpha value is -1.83. The summed E-state index contributed by atoms with van der Waals surface area (Å²) in [6.07, 6.45) is 0. The Kier molecular flexibility index (Phi) is 3.61. The number of carbonyl (C=O) groups is 1. The minimum absolute atomic E-state index is 0.177. The fourth-order valence-corrected chi connectivity index (χ4v) is 2.15. The third kappa shape index (κ3) is 3.14.